The number of carbonyl (C=O) groups excluding carboxylic acids is 1. The minimum absolute atomic E-state index is 0.0782. The van der Waals surface area contributed by atoms with Crippen molar-refractivity contribution in [1.82, 2.24) is 4.31 Å². The van der Waals surface area contributed by atoms with Gasteiger partial charge in [0.1, 0.15) is 24.0 Å². The second kappa shape index (κ2) is 8.24. The lowest BCUT2D eigenvalue weighted by molar-refractivity contribution is -0.116. The number of sulfonamides is 1. The number of rotatable bonds is 5. The number of nitrogens with zero attached hydrogens (tertiary/aromatic N) is 1. The van der Waals surface area contributed by atoms with Gasteiger partial charge >= 0.3 is 0 Å². The van der Waals surface area contributed by atoms with Crippen molar-refractivity contribution < 1.29 is 26.7 Å². The predicted molar refractivity (Wildman–Crippen MR) is 100 cm³/mol. The molecule has 0 spiro atoms. The number of anilines is 1. The van der Waals surface area contributed by atoms with Crippen molar-refractivity contribution in [2.75, 3.05) is 24.7 Å². The Morgan fingerprint density at radius 2 is 2.00 bits per heavy atom. The first-order chi connectivity index (χ1) is 13.2. The van der Waals surface area contributed by atoms with Crippen LogP contribution in [0.25, 0.3) is 0 Å². The fraction of sp³-hybridized carbons (Fsp3) is 0.316. The number of halogens is 2. The normalized spacial score (nSPS) is 14.7. The van der Waals surface area contributed by atoms with Crippen LogP contribution in [-0.2, 0) is 27.8 Å². The van der Waals surface area contributed by atoms with Crippen LogP contribution in [0.4, 0.5) is 14.5 Å². The minimum Gasteiger partial charge on any atom is -0.492 e. The van der Waals surface area contributed by atoms with Gasteiger partial charge in [-0.1, -0.05) is 12.1 Å². The van der Waals surface area contributed by atoms with Gasteiger partial charge < -0.3 is 10.1 Å². The van der Waals surface area contributed by atoms with Crippen LogP contribution in [0.5, 0.6) is 5.75 Å². The van der Waals surface area contributed by atoms with Gasteiger partial charge in [0.05, 0.1) is 11.9 Å². The average molecular weight is 410 g/mol. The molecule has 0 bridgehead atoms. The first-order valence-electron chi connectivity index (χ1n) is 8.67. The van der Waals surface area contributed by atoms with Crippen molar-refractivity contribution in [2.24, 2.45) is 0 Å². The molecule has 3 rings (SSSR count). The molecule has 1 N–H and O–H groups in total. The van der Waals surface area contributed by atoms with E-state index in [1.807, 2.05) is 6.07 Å². The van der Waals surface area contributed by atoms with Crippen molar-refractivity contribution in [3.8, 4) is 5.75 Å². The van der Waals surface area contributed by atoms with E-state index < -0.39 is 27.6 Å². The van der Waals surface area contributed by atoms with Gasteiger partial charge in [0, 0.05) is 31.1 Å². The van der Waals surface area contributed by atoms with Crippen LogP contribution in [0.1, 0.15) is 17.5 Å². The molecule has 0 saturated heterocycles. The first kappa shape index (κ1) is 20.2. The van der Waals surface area contributed by atoms with Crippen molar-refractivity contribution in [1.29, 1.82) is 0 Å². The van der Waals surface area contributed by atoms with E-state index in [0.29, 0.717) is 18.2 Å². The Labute approximate surface area is 162 Å². The summed E-state index contributed by atoms with van der Waals surface area (Å²) in [5.74, 6) is -1.34. The molecule has 1 aliphatic heterocycles. The number of benzene rings is 2. The molecule has 0 atom stereocenters. The zero-order chi connectivity index (χ0) is 20.3. The van der Waals surface area contributed by atoms with Gasteiger partial charge in [0.2, 0.25) is 15.9 Å². The van der Waals surface area contributed by atoms with Crippen LogP contribution in [0.3, 0.4) is 0 Å². The van der Waals surface area contributed by atoms with Gasteiger partial charge in [-0.2, -0.15) is 4.31 Å². The molecule has 1 heterocycles. The third-order valence-corrected chi connectivity index (χ3v) is 5.63. The summed E-state index contributed by atoms with van der Waals surface area (Å²) >= 11 is 0. The van der Waals surface area contributed by atoms with E-state index in [-0.39, 0.29) is 31.8 Å². The maximum atomic E-state index is 13.6. The van der Waals surface area contributed by atoms with Gasteiger partial charge in [-0.3, -0.25) is 4.79 Å². The highest BCUT2D eigenvalue weighted by molar-refractivity contribution is 7.88. The van der Waals surface area contributed by atoms with Crippen LogP contribution in [-0.4, -0.2) is 38.0 Å². The summed E-state index contributed by atoms with van der Waals surface area (Å²) in [6.45, 7) is 0.745. The zero-order valence-electron chi connectivity index (χ0n) is 15.2. The van der Waals surface area contributed by atoms with E-state index in [1.54, 1.807) is 12.1 Å². The number of fused-ring (bicyclic) bond motifs is 1. The van der Waals surface area contributed by atoms with Gasteiger partial charge in [0.25, 0.3) is 0 Å². The minimum atomic E-state index is -3.35. The van der Waals surface area contributed by atoms with Gasteiger partial charge in [-0.25, -0.2) is 17.2 Å². The molecule has 1 aliphatic rings. The molecular weight excluding hydrogens is 390 g/mol. The number of nitrogens with one attached hydrogen (secondary N) is 1. The van der Waals surface area contributed by atoms with Crippen LogP contribution in [0, 0.1) is 11.6 Å². The third-order valence-electron chi connectivity index (χ3n) is 4.38. The standard InChI is InChI=1S/C19H20F2N2O4S/c1-28(25,26)23-8-9-27-18-6-2-13(10-14(18)12-23)3-7-19(24)22-17-5-4-15(20)11-16(17)21/h2,4-6,10-11H,3,7-9,12H2,1H3,(H,22,24). The van der Waals surface area contributed by atoms with Crippen LogP contribution < -0.4 is 10.1 Å². The summed E-state index contributed by atoms with van der Waals surface area (Å²) in [5, 5.41) is 2.41. The smallest absolute Gasteiger partial charge is 0.224 e. The SMILES string of the molecule is CS(=O)(=O)N1CCOc2ccc(CCC(=O)Nc3ccc(F)cc3F)cc2C1. The molecule has 0 fully saturated rings. The Balaban J connectivity index is 1.65. The molecule has 28 heavy (non-hydrogen) atoms. The van der Waals surface area contributed by atoms with E-state index in [4.69, 9.17) is 4.74 Å². The van der Waals surface area contributed by atoms with Crippen molar-refractivity contribution in [3.05, 3.63) is 59.2 Å². The Hall–Kier alpha value is -2.52. The molecular formula is C19H20F2N2O4S. The topological polar surface area (TPSA) is 75.7 Å². The quantitative estimate of drug-likeness (QED) is 0.822. The fourth-order valence-electron chi connectivity index (χ4n) is 2.92. The molecule has 150 valence electrons. The average Bonchev–Trinajstić information content (AvgIpc) is 2.84. The van der Waals surface area contributed by atoms with Crippen molar-refractivity contribution in [2.45, 2.75) is 19.4 Å². The van der Waals surface area contributed by atoms with Gasteiger partial charge in [-0.15, -0.1) is 0 Å². The van der Waals surface area contributed by atoms with Gasteiger partial charge in [0.15, 0.2) is 0 Å². The summed E-state index contributed by atoms with van der Waals surface area (Å²) in [6.07, 6.45) is 1.62. The molecule has 0 aliphatic carbocycles. The molecule has 2 aromatic rings. The molecule has 9 heteroatoms. The summed E-state index contributed by atoms with van der Waals surface area (Å²) in [5.41, 5.74) is 1.48. The summed E-state index contributed by atoms with van der Waals surface area (Å²) in [4.78, 5) is 12.1. The number of aryl methyl sites for hydroxylation is 1. The molecule has 0 saturated carbocycles. The predicted octanol–water partition coefficient (Wildman–Crippen LogP) is 2.69. The highest BCUT2D eigenvalue weighted by Gasteiger charge is 2.22. The maximum Gasteiger partial charge on any atom is 0.224 e. The molecule has 0 aromatic heterocycles. The highest BCUT2D eigenvalue weighted by Crippen LogP contribution is 2.26. The largest absolute Gasteiger partial charge is 0.492 e. The number of ether oxygens (including phenoxy) is 1. The molecule has 1 amide bonds. The van der Waals surface area contributed by atoms with E-state index >= 15 is 0 Å². The first-order valence-corrected chi connectivity index (χ1v) is 10.5. The number of hydrogen-bond donors (Lipinski definition) is 1. The molecule has 0 unspecified atom stereocenters. The number of carbonyl (C=O) groups is 1. The lowest BCUT2D eigenvalue weighted by Crippen LogP contribution is -2.31. The molecule has 6 nitrogen and oxygen atoms in total. The van der Waals surface area contributed by atoms with Crippen LogP contribution >= 0.6 is 0 Å². The Morgan fingerprint density at radius 3 is 2.71 bits per heavy atom. The van der Waals surface area contributed by atoms with Crippen molar-refractivity contribution >= 4 is 21.6 Å². The Morgan fingerprint density at radius 1 is 1.21 bits per heavy atom. The lowest BCUT2D eigenvalue weighted by atomic mass is 10.0. The Kier molecular flexibility index (Phi) is 5.95. The van der Waals surface area contributed by atoms with Crippen LogP contribution in [0.15, 0.2) is 36.4 Å². The monoisotopic (exact) mass is 410 g/mol. The molecule has 2 aromatic carbocycles. The zero-order valence-corrected chi connectivity index (χ0v) is 16.1. The van der Waals surface area contributed by atoms with E-state index in [9.17, 15) is 22.0 Å². The Bertz CT molecular complexity index is 995. The van der Waals surface area contributed by atoms with E-state index in [2.05, 4.69) is 5.32 Å². The van der Waals surface area contributed by atoms with Crippen LogP contribution in [0.2, 0.25) is 0 Å². The maximum absolute atomic E-state index is 13.6. The summed E-state index contributed by atoms with van der Waals surface area (Å²) < 4.78 is 57.1. The number of hydrogen-bond acceptors (Lipinski definition) is 4. The van der Waals surface area contributed by atoms with E-state index in [0.717, 1.165) is 23.4 Å². The fourth-order valence-corrected chi connectivity index (χ4v) is 3.70. The lowest BCUT2D eigenvalue weighted by Gasteiger charge is -2.16. The van der Waals surface area contributed by atoms with Gasteiger partial charge in [-0.05, 0) is 30.2 Å². The summed E-state index contributed by atoms with van der Waals surface area (Å²) in [7, 11) is -3.35. The van der Waals surface area contributed by atoms with E-state index in [1.165, 1.54) is 10.4 Å². The second-order valence-electron chi connectivity index (χ2n) is 6.56. The third kappa shape index (κ3) is 5.05. The highest BCUT2D eigenvalue weighted by atomic mass is 32.2. The second-order valence-corrected chi connectivity index (χ2v) is 8.54. The van der Waals surface area contributed by atoms with Crippen molar-refractivity contribution in [3.63, 3.8) is 0 Å². The number of amides is 1. The summed E-state index contributed by atoms with van der Waals surface area (Å²) in [6, 6.07) is 8.32. The molecule has 0 radical (unpaired) electrons.